The molecule has 1 heterocycles. The van der Waals surface area contributed by atoms with Gasteiger partial charge in [-0.15, -0.1) is 0 Å². The second-order valence-corrected chi connectivity index (χ2v) is 5.39. The Hall–Kier alpha value is -1.38. The Balaban J connectivity index is 2.56. The van der Waals surface area contributed by atoms with Crippen LogP contribution in [-0.4, -0.2) is 16.1 Å². The van der Waals surface area contributed by atoms with Crippen LogP contribution in [0.1, 0.15) is 79.2 Å². The number of aromatic nitrogens is 1. The van der Waals surface area contributed by atoms with Crippen molar-refractivity contribution in [3.63, 3.8) is 0 Å². The first kappa shape index (κ1) is 13.1. The largest absolute Gasteiger partial charge is 0.478 e. The van der Waals surface area contributed by atoms with Gasteiger partial charge in [0.2, 0.25) is 0 Å². The normalized spacial score (nSPS) is 22.6. The summed E-state index contributed by atoms with van der Waals surface area (Å²) in [6, 6.07) is 1.87. The van der Waals surface area contributed by atoms with Crippen molar-refractivity contribution in [1.82, 2.24) is 4.98 Å². The zero-order chi connectivity index (χ0) is 13.3. The van der Waals surface area contributed by atoms with Gasteiger partial charge in [0, 0.05) is 5.69 Å². The molecule has 0 amide bonds. The lowest BCUT2D eigenvalue weighted by Gasteiger charge is -2.27. The van der Waals surface area contributed by atoms with E-state index in [9.17, 15) is 9.90 Å². The number of hydrogen-bond acceptors (Lipinski definition) is 2. The summed E-state index contributed by atoms with van der Waals surface area (Å²) in [5.41, 5.74) is 3.43. The van der Waals surface area contributed by atoms with Crippen LogP contribution < -0.4 is 0 Å². The van der Waals surface area contributed by atoms with Crippen LogP contribution >= 0.6 is 0 Å². The number of pyridine rings is 1. The maximum absolute atomic E-state index is 11.3. The van der Waals surface area contributed by atoms with Crippen LogP contribution in [0.15, 0.2) is 6.07 Å². The topological polar surface area (TPSA) is 50.2 Å². The SMILES string of the molecule is CCCc1nc2c(cc1C(=O)O)C(C)CCC2C. The molecule has 2 unspecified atom stereocenters. The van der Waals surface area contributed by atoms with Gasteiger partial charge in [0.15, 0.2) is 0 Å². The van der Waals surface area contributed by atoms with Gasteiger partial charge in [0.05, 0.1) is 11.3 Å². The van der Waals surface area contributed by atoms with E-state index >= 15 is 0 Å². The molecule has 0 fully saturated rings. The van der Waals surface area contributed by atoms with Crippen LogP contribution in [0, 0.1) is 0 Å². The van der Waals surface area contributed by atoms with Gasteiger partial charge in [-0.3, -0.25) is 4.98 Å². The predicted molar refractivity (Wildman–Crippen MR) is 71.3 cm³/mol. The number of nitrogens with zero attached hydrogens (tertiary/aromatic N) is 1. The summed E-state index contributed by atoms with van der Waals surface area (Å²) in [6.45, 7) is 6.41. The summed E-state index contributed by atoms with van der Waals surface area (Å²) in [4.78, 5) is 16.0. The predicted octanol–water partition coefficient (Wildman–Crippen LogP) is 3.73. The number of aryl methyl sites for hydroxylation is 1. The van der Waals surface area contributed by atoms with E-state index in [1.807, 2.05) is 6.07 Å². The number of rotatable bonds is 3. The standard InChI is InChI=1S/C15H21NO2/c1-4-5-13-12(15(17)18)8-11-9(2)6-7-10(3)14(11)16-13/h8-10H,4-7H2,1-3H3,(H,17,18). The number of carboxylic acid groups (broad SMARTS) is 1. The lowest BCUT2D eigenvalue weighted by molar-refractivity contribution is 0.0695. The van der Waals surface area contributed by atoms with E-state index in [1.54, 1.807) is 0 Å². The highest BCUT2D eigenvalue weighted by atomic mass is 16.4. The molecule has 3 nitrogen and oxygen atoms in total. The number of carboxylic acids is 1. The smallest absolute Gasteiger partial charge is 0.337 e. The van der Waals surface area contributed by atoms with E-state index in [1.165, 1.54) is 0 Å². The van der Waals surface area contributed by atoms with Crippen LogP contribution in [0.2, 0.25) is 0 Å². The Labute approximate surface area is 108 Å². The first-order chi connectivity index (χ1) is 8.54. The van der Waals surface area contributed by atoms with Crippen molar-refractivity contribution in [2.75, 3.05) is 0 Å². The van der Waals surface area contributed by atoms with Crippen molar-refractivity contribution in [1.29, 1.82) is 0 Å². The molecule has 2 rings (SSSR count). The summed E-state index contributed by atoms with van der Waals surface area (Å²) < 4.78 is 0. The molecule has 1 N–H and O–H groups in total. The fraction of sp³-hybridized carbons (Fsp3) is 0.600. The first-order valence-electron chi connectivity index (χ1n) is 6.81. The Morgan fingerprint density at radius 2 is 2.06 bits per heavy atom. The molecule has 18 heavy (non-hydrogen) atoms. The van der Waals surface area contributed by atoms with Crippen LogP contribution in [0.3, 0.4) is 0 Å². The lowest BCUT2D eigenvalue weighted by Crippen LogP contribution is -2.17. The third kappa shape index (κ3) is 2.26. The van der Waals surface area contributed by atoms with Crippen molar-refractivity contribution >= 4 is 5.97 Å². The molecule has 1 aliphatic rings. The van der Waals surface area contributed by atoms with Crippen molar-refractivity contribution in [3.05, 3.63) is 28.6 Å². The average Bonchev–Trinajstić information content (AvgIpc) is 2.34. The number of fused-ring (bicyclic) bond motifs is 1. The van der Waals surface area contributed by atoms with Crippen molar-refractivity contribution in [2.45, 2.75) is 58.3 Å². The fourth-order valence-electron chi connectivity index (χ4n) is 2.78. The molecular weight excluding hydrogens is 226 g/mol. The van der Waals surface area contributed by atoms with Crippen molar-refractivity contribution in [2.24, 2.45) is 0 Å². The molecule has 0 bridgehead atoms. The van der Waals surface area contributed by atoms with Gasteiger partial charge < -0.3 is 5.11 Å². The van der Waals surface area contributed by atoms with Crippen LogP contribution in [0.25, 0.3) is 0 Å². The van der Waals surface area contributed by atoms with E-state index in [-0.39, 0.29) is 0 Å². The third-order valence-corrected chi connectivity index (χ3v) is 3.91. The Bertz CT molecular complexity index is 468. The molecule has 1 aromatic heterocycles. The highest BCUT2D eigenvalue weighted by Gasteiger charge is 2.26. The highest BCUT2D eigenvalue weighted by Crippen LogP contribution is 2.38. The maximum Gasteiger partial charge on any atom is 0.337 e. The van der Waals surface area contributed by atoms with Crippen LogP contribution in [-0.2, 0) is 6.42 Å². The molecule has 1 aromatic rings. The first-order valence-corrected chi connectivity index (χ1v) is 6.81. The lowest BCUT2D eigenvalue weighted by atomic mass is 9.80. The summed E-state index contributed by atoms with van der Waals surface area (Å²) in [5.74, 6) is 0.0336. The minimum Gasteiger partial charge on any atom is -0.478 e. The molecule has 0 aromatic carbocycles. The zero-order valence-corrected chi connectivity index (χ0v) is 11.4. The van der Waals surface area contributed by atoms with Gasteiger partial charge in [0.1, 0.15) is 0 Å². The van der Waals surface area contributed by atoms with Crippen molar-refractivity contribution in [3.8, 4) is 0 Å². The quantitative estimate of drug-likeness (QED) is 0.885. The van der Waals surface area contributed by atoms with Gasteiger partial charge in [0.25, 0.3) is 0 Å². The van der Waals surface area contributed by atoms with Gasteiger partial charge in [-0.2, -0.15) is 0 Å². The number of carbonyl (C=O) groups is 1. The average molecular weight is 247 g/mol. The van der Waals surface area contributed by atoms with Gasteiger partial charge >= 0.3 is 5.97 Å². The highest BCUT2D eigenvalue weighted by molar-refractivity contribution is 5.89. The van der Waals surface area contributed by atoms with Crippen LogP contribution in [0.5, 0.6) is 0 Å². The minimum absolute atomic E-state index is 0.400. The summed E-state index contributed by atoms with van der Waals surface area (Å²) in [7, 11) is 0. The number of aromatic carboxylic acids is 1. The van der Waals surface area contributed by atoms with E-state index in [2.05, 4.69) is 25.8 Å². The van der Waals surface area contributed by atoms with E-state index < -0.39 is 5.97 Å². The molecular formula is C15H21NO2. The summed E-state index contributed by atoms with van der Waals surface area (Å²) >= 11 is 0. The second kappa shape index (κ2) is 5.09. The maximum atomic E-state index is 11.3. The Kier molecular flexibility index (Phi) is 3.69. The van der Waals surface area contributed by atoms with E-state index in [4.69, 9.17) is 0 Å². The van der Waals surface area contributed by atoms with Gasteiger partial charge in [-0.05, 0) is 42.7 Å². The van der Waals surface area contributed by atoms with E-state index in [0.717, 1.165) is 42.6 Å². The minimum atomic E-state index is -0.848. The molecule has 2 atom stereocenters. The zero-order valence-electron chi connectivity index (χ0n) is 11.4. The Morgan fingerprint density at radius 1 is 1.39 bits per heavy atom. The summed E-state index contributed by atoms with van der Waals surface area (Å²) in [6.07, 6.45) is 3.95. The van der Waals surface area contributed by atoms with Gasteiger partial charge in [-0.1, -0.05) is 27.2 Å². The molecule has 1 aliphatic carbocycles. The molecule has 3 heteroatoms. The molecule has 0 radical (unpaired) electrons. The molecule has 0 aliphatic heterocycles. The molecule has 98 valence electrons. The monoisotopic (exact) mass is 247 g/mol. The second-order valence-electron chi connectivity index (χ2n) is 5.39. The van der Waals surface area contributed by atoms with Crippen molar-refractivity contribution < 1.29 is 9.90 Å². The Morgan fingerprint density at radius 3 is 2.67 bits per heavy atom. The van der Waals surface area contributed by atoms with E-state index in [0.29, 0.717) is 17.4 Å². The molecule has 0 saturated heterocycles. The fourth-order valence-corrected chi connectivity index (χ4v) is 2.78. The molecule has 0 spiro atoms. The summed E-state index contributed by atoms with van der Waals surface area (Å²) in [5, 5.41) is 9.31. The molecule has 0 saturated carbocycles. The van der Waals surface area contributed by atoms with Gasteiger partial charge in [-0.25, -0.2) is 4.79 Å². The third-order valence-electron chi connectivity index (χ3n) is 3.91. The van der Waals surface area contributed by atoms with Crippen LogP contribution in [0.4, 0.5) is 0 Å². The number of hydrogen-bond donors (Lipinski definition) is 1.